The fourth-order valence-corrected chi connectivity index (χ4v) is 2.87. The van der Waals surface area contributed by atoms with E-state index in [-0.39, 0.29) is 0 Å². The maximum absolute atomic E-state index is 5.02. The van der Waals surface area contributed by atoms with E-state index in [4.69, 9.17) is 4.52 Å². The number of hydrogen-bond acceptors (Lipinski definition) is 6. The van der Waals surface area contributed by atoms with Gasteiger partial charge in [0.1, 0.15) is 11.6 Å². The average Bonchev–Trinajstić information content (AvgIpc) is 3.16. The third kappa shape index (κ3) is 3.37. The molecule has 7 heteroatoms. The van der Waals surface area contributed by atoms with Gasteiger partial charge in [0.2, 0.25) is 5.16 Å². The molecule has 0 fully saturated rings. The first-order valence-electron chi connectivity index (χ1n) is 5.98. The standard InChI is InChI=1S/C13H12N4OS2/c1-9-7-10(17-18-9)8-20-13-14-12(15-16-13)5-4-11-3-2-6-19-11/h2-7H,8H2,1H3,(H,14,15,16). The Hall–Kier alpha value is -1.86. The van der Waals surface area contributed by atoms with Gasteiger partial charge in [-0.2, -0.15) is 0 Å². The summed E-state index contributed by atoms with van der Waals surface area (Å²) in [6.45, 7) is 1.88. The van der Waals surface area contributed by atoms with Gasteiger partial charge in [-0.25, -0.2) is 4.98 Å². The maximum Gasteiger partial charge on any atom is 0.209 e. The molecule has 0 aromatic carbocycles. The van der Waals surface area contributed by atoms with E-state index in [0.29, 0.717) is 10.9 Å². The second kappa shape index (κ2) is 6.06. The second-order valence-corrected chi connectivity index (χ2v) is 5.99. The first kappa shape index (κ1) is 13.1. The molecule has 3 rings (SSSR count). The first-order chi connectivity index (χ1) is 9.79. The zero-order chi connectivity index (χ0) is 13.8. The van der Waals surface area contributed by atoms with Gasteiger partial charge < -0.3 is 4.52 Å². The van der Waals surface area contributed by atoms with Crippen molar-refractivity contribution in [3.63, 3.8) is 0 Å². The number of nitrogens with zero attached hydrogens (tertiary/aromatic N) is 3. The van der Waals surface area contributed by atoms with Crippen LogP contribution in [0.5, 0.6) is 0 Å². The summed E-state index contributed by atoms with van der Waals surface area (Å²) in [7, 11) is 0. The highest BCUT2D eigenvalue weighted by molar-refractivity contribution is 7.98. The second-order valence-electron chi connectivity index (χ2n) is 4.07. The Bertz CT molecular complexity index is 700. The Morgan fingerprint density at radius 2 is 2.40 bits per heavy atom. The van der Waals surface area contributed by atoms with E-state index in [1.807, 2.05) is 36.6 Å². The highest BCUT2D eigenvalue weighted by Gasteiger charge is 2.05. The fourth-order valence-electron chi connectivity index (χ4n) is 1.57. The summed E-state index contributed by atoms with van der Waals surface area (Å²) >= 11 is 3.21. The van der Waals surface area contributed by atoms with E-state index < -0.39 is 0 Å². The van der Waals surface area contributed by atoms with E-state index >= 15 is 0 Å². The van der Waals surface area contributed by atoms with Crippen LogP contribution in [0.1, 0.15) is 22.2 Å². The van der Waals surface area contributed by atoms with Crippen LogP contribution in [0.4, 0.5) is 0 Å². The molecule has 0 bridgehead atoms. The van der Waals surface area contributed by atoms with Crippen LogP contribution in [-0.4, -0.2) is 20.3 Å². The van der Waals surface area contributed by atoms with Crippen LogP contribution in [0.2, 0.25) is 0 Å². The van der Waals surface area contributed by atoms with E-state index in [1.54, 1.807) is 11.3 Å². The molecule has 102 valence electrons. The van der Waals surface area contributed by atoms with Gasteiger partial charge in [-0.15, -0.1) is 16.4 Å². The molecule has 1 N–H and O–H groups in total. The molecule has 0 atom stereocenters. The molecule has 3 aromatic heterocycles. The van der Waals surface area contributed by atoms with E-state index in [9.17, 15) is 0 Å². The summed E-state index contributed by atoms with van der Waals surface area (Å²) < 4.78 is 5.02. The molecule has 0 amide bonds. The number of aromatic nitrogens is 4. The number of hydrogen-bond donors (Lipinski definition) is 1. The quantitative estimate of drug-likeness (QED) is 0.729. The van der Waals surface area contributed by atoms with Crippen molar-refractivity contribution in [1.29, 1.82) is 0 Å². The molecule has 0 aliphatic heterocycles. The van der Waals surface area contributed by atoms with Gasteiger partial charge in [-0.3, -0.25) is 5.10 Å². The summed E-state index contributed by atoms with van der Waals surface area (Å²) in [6.07, 6.45) is 3.93. The van der Waals surface area contributed by atoms with Gasteiger partial charge in [0, 0.05) is 16.7 Å². The lowest BCUT2D eigenvalue weighted by Crippen LogP contribution is -1.81. The normalized spacial score (nSPS) is 11.4. The highest BCUT2D eigenvalue weighted by Crippen LogP contribution is 2.19. The van der Waals surface area contributed by atoms with Crippen molar-refractivity contribution in [3.8, 4) is 0 Å². The maximum atomic E-state index is 5.02. The lowest BCUT2D eigenvalue weighted by Gasteiger charge is -1.89. The van der Waals surface area contributed by atoms with Crippen LogP contribution in [0, 0.1) is 6.92 Å². The number of rotatable bonds is 5. The Kier molecular flexibility index (Phi) is 3.98. The first-order valence-corrected chi connectivity index (χ1v) is 7.85. The van der Waals surface area contributed by atoms with E-state index in [1.165, 1.54) is 16.6 Å². The van der Waals surface area contributed by atoms with E-state index in [2.05, 4.69) is 26.4 Å². The number of H-pyrrole nitrogens is 1. The molecule has 0 saturated carbocycles. The van der Waals surface area contributed by atoms with Gasteiger partial charge in [0.25, 0.3) is 0 Å². The topological polar surface area (TPSA) is 67.6 Å². The Morgan fingerprint density at radius 3 is 3.15 bits per heavy atom. The molecule has 0 radical (unpaired) electrons. The molecule has 5 nitrogen and oxygen atoms in total. The zero-order valence-corrected chi connectivity index (χ0v) is 12.4. The number of aromatic amines is 1. The lowest BCUT2D eigenvalue weighted by atomic mass is 10.4. The SMILES string of the molecule is Cc1cc(CSc2n[nH]c(C=Cc3cccs3)n2)no1. The molecule has 0 aliphatic carbocycles. The van der Waals surface area contributed by atoms with Crippen LogP contribution in [0.25, 0.3) is 12.2 Å². The van der Waals surface area contributed by atoms with Crippen LogP contribution >= 0.6 is 23.1 Å². The zero-order valence-electron chi connectivity index (χ0n) is 10.7. The largest absolute Gasteiger partial charge is 0.361 e. The number of thioether (sulfide) groups is 1. The minimum absolute atomic E-state index is 0.698. The third-order valence-corrected chi connectivity index (χ3v) is 4.18. The van der Waals surface area contributed by atoms with Crippen LogP contribution in [-0.2, 0) is 5.75 Å². The van der Waals surface area contributed by atoms with Crippen molar-refractivity contribution < 1.29 is 4.52 Å². The van der Waals surface area contributed by atoms with Gasteiger partial charge in [-0.1, -0.05) is 23.0 Å². The minimum Gasteiger partial charge on any atom is -0.361 e. The summed E-state index contributed by atoms with van der Waals surface area (Å²) in [5.74, 6) is 2.26. The number of aryl methyl sites for hydroxylation is 1. The molecule has 0 saturated heterocycles. The summed E-state index contributed by atoms with van der Waals surface area (Å²) in [5.41, 5.74) is 0.896. The minimum atomic E-state index is 0.698. The number of thiophene rings is 1. The molecule has 20 heavy (non-hydrogen) atoms. The summed E-state index contributed by atoms with van der Waals surface area (Å²) in [4.78, 5) is 5.58. The number of nitrogens with one attached hydrogen (secondary N) is 1. The highest BCUT2D eigenvalue weighted by atomic mass is 32.2. The smallest absolute Gasteiger partial charge is 0.209 e. The molecule has 0 unspecified atom stereocenters. The van der Waals surface area contributed by atoms with Gasteiger partial charge in [0.05, 0.1) is 5.69 Å². The summed E-state index contributed by atoms with van der Waals surface area (Å²) in [5, 5.41) is 13.7. The average molecular weight is 304 g/mol. The van der Waals surface area contributed by atoms with Gasteiger partial charge in [0.15, 0.2) is 0 Å². The molecule has 0 spiro atoms. The van der Waals surface area contributed by atoms with Crippen LogP contribution < -0.4 is 0 Å². The van der Waals surface area contributed by atoms with Crippen molar-refractivity contribution in [2.75, 3.05) is 0 Å². The Morgan fingerprint density at radius 1 is 1.45 bits per heavy atom. The lowest BCUT2D eigenvalue weighted by molar-refractivity contribution is 0.393. The van der Waals surface area contributed by atoms with Crippen LogP contribution in [0.15, 0.2) is 33.3 Å². The van der Waals surface area contributed by atoms with Crippen LogP contribution in [0.3, 0.4) is 0 Å². The van der Waals surface area contributed by atoms with E-state index in [0.717, 1.165) is 17.3 Å². The Balaban J connectivity index is 1.59. The van der Waals surface area contributed by atoms with Crippen molar-refractivity contribution in [3.05, 3.63) is 45.7 Å². The predicted molar refractivity (Wildman–Crippen MR) is 80.4 cm³/mol. The molecule has 3 heterocycles. The monoisotopic (exact) mass is 304 g/mol. The van der Waals surface area contributed by atoms with Crippen molar-refractivity contribution in [1.82, 2.24) is 20.3 Å². The van der Waals surface area contributed by atoms with Gasteiger partial charge in [-0.05, 0) is 30.5 Å². The fraction of sp³-hybridized carbons (Fsp3) is 0.154. The van der Waals surface area contributed by atoms with Crippen molar-refractivity contribution in [2.24, 2.45) is 0 Å². The van der Waals surface area contributed by atoms with Gasteiger partial charge >= 0.3 is 0 Å². The molecular formula is C13H12N4OS2. The van der Waals surface area contributed by atoms with Crippen molar-refractivity contribution in [2.45, 2.75) is 17.8 Å². The third-order valence-electron chi connectivity index (χ3n) is 2.46. The molecule has 0 aliphatic rings. The van der Waals surface area contributed by atoms with Crippen molar-refractivity contribution >= 4 is 35.3 Å². The predicted octanol–water partition coefficient (Wildman–Crippen LogP) is 3.63. The molecule has 3 aromatic rings. The summed E-state index contributed by atoms with van der Waals surface area (Å²) in [6, 6.07) is 5.99. The molecular weight excluding hydrogens is 292 g/mol. The Labute approximate surface area is 124 Å².